The van der Waals surface area contributed by atoms with Crippen molar-refractivity contribution in [3.8, 4) is 0 Å². The van der Waals surface area contributed by atoms with Crippen LogP contribution in [0.2, 0.25) is 0 Å². The molecule has 0 spiro atoms. The van der Waals surface area contributed by atoms with Crippen LogP contribution in [0.1, 0.15) is 252 Å². The number of allylic oxidation sites excluding steroid dienone is 19. The number of carbonyl (C=O) groups excluding carboxylic acids is 2. The Kier molecular flexibility index (Phi) is 55.0. The highest BCUT2D eigenvalue weighted by Crippen LogP contribution is 2.43. The van der Waals surface area contributed by atoms with Gasteiger partial charge in [-0.25, -0.2) is 4.57 Å². The van der Waals surface area contributed by atoms with E-state index in [4.69, 9.17) is 13.8 Å². The minimum Gasteiger partial charge on any atom is -0.456 e. The van der Waals surface area contributed by atoms with Crippen molar-refractivity contribution in [1.29, 1.82) is 0 Å². The van der Waals surface area contributed by atoms with Crippen molar-refractivity contribution in [3.63, 3.8) is 0 Å². The molecule has 3 atom stereocenters. The Labute approximate surface area is 486 Å². The van der Waals surface area contributed by atoms with E-state index >= 15 is 0 Å². The van der Waals surface area contributed by atoms with Gasteiger partial charge in [-0.1, -0.05) is 258 Å². The number of hydrogen-bond donors (Lipinski definition) is 2. The van der Waals surface area contributed by atoms with Crippen LogP contribution in [-0.2, 0) is 27.9 Å². The summed E-state index contributed by atoms with van der Waals surface area (Å²) in [6, 6.07) is -0.866. The molecule has 0 aromatic rings. The van der Waals surface area contributed by atoms with Crippen LogP contribution in [0.25, 0.3) is 0 Å². The third-order valence-electron chi connectivity index (χ3n) is 13.5. The highest BCUT2D eigenvalue weighted by Gasteiger charge is 2.30. The molecule has 3 unspecified atom stereocenters. The standard InChI is InChI=1S/C69H119N2O7P/c1-7-10-13-16-19-22-25-27-29-30-31-32-33-34-35-36-37-38-39-40-42-43-46-49-52-55-58-61-68(72)70-66(65-77-79(74,75)76-64-63-71(4,5)6)67(60-57-54-51-48-45-24-21-18-15-12-9-3)78-69(73)62-59-56-53-50-47-44-41-28-26-23-20-17-14-11-8-2/h10-11,13-14,17,19-20,22-23,26-27,29,31-32,34-35,37-38,57,60,66-67H,7-9,12,15-16,18,21,24-25,28,30,33,36,39-56,58-59,61-65H2,1-6H3,(H-,70,72,74,75)/p+1/b13-10-,14-11+,20-17+,22-19-,26-23+,29-27-,32-31-,35-34-,38-37-,60-57-. The second-order valence-corrected chi connectivity index (χ2v) is 23.7. The van der Waals surface area contributed by atoms with Crippen LogP contribution in [0.4, 0.5) is 0 Å². The lowest BCUT2D eigenvalue weighted by atomic mass is 10.0. The first-order chi connectivity index (χ1) is 38.4. The Hall–Kier alpha value is -3.59. The summed E-state index contributed by atoms with van der Waals surface area (Å²) in [4.78, 5) is 37.7. The first-order valence-electron chi connectivity index (χ1n) is 31.9. The van der Waals surface area contributed by atoms with Crippen LogP contribution >= 0.6 is 7.82 Å². The van der Waals surface area contributed by atoms with Gasteiger partial charge in [0.1, 0.15) is 19.3 Å². The summed E-state index contributed by atoms with van der Waals surface area (Å²) in [5.74, 6) is -0.536. The number of ether oxygens (including phenoxy) is 1. The predicted molar refractivity (Wildman–Crippen MR) is 341 cm³/mol. The Balaban J connectivity index is 5.13. The third-order valence-corrected chi connectivity index (χ3v) is 14.4. The predicted octanol–water partition coefficient (Wildman–Crippen LogP) is 19.9. The average molecular weight is 1120 g/mol. The number of nitrogens with zero attached hydrogens (tertiary/aromatic N) is 1. The van der Waals surface area contributed by atoms with E-state index in [-0.39, 0.29) is 31.5 Å². The van der Waals surface area contributed by atoms with Gasteiger partial charge in [-0.2, -0.15) is 0 Å². The van der Waals surface area contributed by atoms with Crippen molar-refractivity contribution in [3.05, 3.63) is 122 Å². The van der Waals surface area contributed by atoms with Gasteiger partial charge in [0.25, 0.3) is 0 Å². The molecule has 0 bridgehead atoms. The minimum absolute atomic E-state index is 0.0300. The molecular weight excluding hydrogens is 1000 g/mol. The molecule has 2 N–H and O–H groups in total. The van der Waals surface area contributed by atoms with Crippen LogP contribution < -0.4 is 5.32 Å². The van der Waals surface area contributed by atoms with E-state index in [1.54, 1.807) is 0 Å². The number of phosphoric ester groups is 1. The van der Waals surface area contributed by atoms with Crippen LogP contribution in [-0.4, -0.2) is 74.3 Å². The number of hydrogen-bond acceptors (Lipinski definition) is 6. The van der Waals surface area contributed by atoms with Gasteiger partial charge >= 0.3 is 13.8 Å². The van der Waals surface area contributed by atoms with Crippen molar-refractivity contribution in [2.45, 2.75) is 264 Å². The maximum atomic E-state index is 13.6. The van der Waals surface area contributed by atoms with E-state index in [2.05, 4.69) is 135 Å². The monoisotopic (exact) mass is 1120 g/mol. The fourth-order valence-electron chi connectivity index (χ4n) is 8.59. The number of phosphoric acid groups is 1. The molecule has 0 aliphatic heterocycles. The molecule has 1 amide bonds. The molecular formula is C69H120N2O7P+. The number of amides is 1. The van der Waals surface area contributed by atoms with Gasteiger partial charge in [-0.05, 0) is 102 Å². The van der Waals surface area contributed by atoms with Crippen molar-refractivity contribution in [2.75, 3.05) is 40.9 Å². The number of esters is 1. The summed E-state index contributed by atoms with van der Waals surface area (Å²) < 4.78 is 30.7. The number of likely N-dealkylation sites (N-methyl/N-ethyl adjacent to an activating group) is 1. The highest BCUT2D eigenvalue weighted by molar-refractivity contribution is 7.47. The minimum atomic E-state index is -4.46. The molecule has 0 fully saturated rings. The van der Waals surface area contributed by atoms with Crippen LogP contribution in [0.5, 0.6) is 0 Å². The zero-order valence-corrected chi connectivity index (χ0v) is 52.5. The zero-order valence-electron chi connectivity index (χ0n) is 51.6. The van der Waals surface area contributed by atoms with Crippen molar-refractivity contribution in [2.24, 2.45) is 0 Å². The van der Waals surface area contributed by atoms with Crippen LogP contribution in [0.15, 0.2) is 122 Å². The molecule has 0 aromatic carbocycles. The van der Waals surface area contributed by atoms with Gasteiger partial charge in [-0.15, -0.1) is 0 Å². The number of nitrogens with one attached hydrogen (secondary N) is 1. The molecule has 9 nitrogen and oxygen atoms in total. The molecule has 0 aliphatic carbocycles. The first-order valence-corrected chi connectivity index (χ1v) is 33.4. The van der Waals surface area contributed by atoms with Gasteiger partial charge in [-0.3, -0.25) is 18.6 Å². The average Bonchev–Trinajstić information content (AvgIpc) is 3.41. The lowest BCUT2D eigenvalue weighted by Crippen LogP contribution is -2.47. The maximum absolute atomic E-state index is 13.6. The van der Waals surface area contributed by atoms with Gasteiger partial charge < -0.3 is 19.4 Å². The zero-order chi connectivity index (χ0) is 57.9. The molecule has 0 saturated carbocycles. The topological polar surface area (TPSA) is 111 Å². The molecule has 0 rings (SSSR count). The largest absolute Gasteiger partial charge is 0.472 e. The summed E-state index contributed by atoms with van der Waals surface area (Å²) in [5, 5.41) is 3.05. The normalized spacial score (nSPS) is 14.5. The van der Waals surface area contributed by atoms with E-state index < -0.39 is 20.0 Å². The summed E-state index contributed by atoms with van der Waals surface area (Å²) in [5.41, 5.74) is 0. The number of carbonyl (C=O) groups is 2. The Morgan fingerprint density at radius 3 is 1.35 bits per heavy atom. The second kappa shape index (κ2) is 57.6. The lowest BCUT2D eigenvalue weighted by Gasteiger charge is -2.27. The third kappa shape index (κ3) is 58.9. The maximum Gasteiger partial charge on any atom is 0.472 e. The summed E-state index contributed by atoms with van der Waals surface area (Å²) in [7, 11) is 1.47. The quantitative estimate of drug-likeness (QED) is 0.0156. The SMILES string of the molecule is CC/C=C\C/C=C\C/C=C\C/C=C\C/C=C\C/C=C\CCCCCCCCCCC(=O)NC(COP(=O)(O)OCC[N+](C)(C)C)C(/C=C\CCCCCCCCCCC)OC(=O)CCCCCCCCC/C=C/C=C/C=C/CC. The van der Waals surface area contributed by atoms with E-state index in [0.29, 0.717) is 17.4 Å². The fourth-order valence-corrected chi connectivity index (χ4v) is 9.33. The van der Waals surface area contributed by atoms with Crippen molar-refractivity contribution in [1.82, 2.24) is 5.32 Å². The first kappa shape index (κ1) is 75.4. The number of unbranched alkanes of at least 4 members (excludes halogenated alkanes) is 24. The molecule has 0 radical (unpaired) electrons. The van der Waals surface area contributed by atoms with Crippen molar-refractivity contribution >= 4 is 19.7 Å². The van der Waals surface area contributed by atoms with E-state index in [1.807, 2.05) is 33.3 Å². The van der Waals surface area contributed by atoms with Gasteiger partial charge in [0.05, 0.1) is 33.8 Å². The Morgan fingerprint density at radius 2 is 0.873 bits per heavy atom. The smallest absolute Gasteiger partial charge is 0.456 e. The molecule has 452 valence electrons. The van der Waals surface area contributed by atoms with Gasteiger partial charge in [0.15, 0.2) is 0 Å². The number of rotatable bonds is 56. The van der Waals surface area contributed by atoms with Crippen LogP contribution in [0, 0.1) is 0 Å². The van der Waals surface area contributed by atoms with Gasteiger partial charge in [0.2, 0.25) is 5.91 Å². The second-order valence-electron chi connectivity index (χ2n) is 22.2. The van der Waals surface area contributed by atoms with Crippen molar-refractivity contribution < 1.29 is 37.3 Å². The fraction of sp³-hybridized carbons (Fsp3) is 0.681. The molecule has 10 heteroatoms. The Morgan fingerprint density at radius 1 is 0.468 bits per heavy atom. The summed E-state index contributed by atoms with van der Waals surface area (Å²) in [6.07, 6.45) is 80.6. The van der Waals surface area contributed by atoms with E-state index in [0.717, 1.165) is 128 Å². The number of quaternary nitrogens is 1. The molecule has 79 heavy (non-hydrogen) atoms. The lowest BCUT2D eigenvalue weighted by molar-refractivity contribution is -0.870. The molecule has 0 aromatic heterocycles. The molecule has 0 aliphatic rings. The van der Waals surface area contributed by atoms with Crippen LogP contribution in [0.3, 0.4) is 0 Å². The molecule has 0 heterocycles. The molecule has 0 saturated heterocycles. The van der Waals surface area contributed by atoms with Gasteiger partial charge in [0, 0.05) is 12.8 Å². The Bertz CT molecular complexity index is 1770. The highest BCUT2D eigenvalue weighted by atomic mass is 31.2. The summed E-state index contributed by atoms with van der Waals surface area (Å²) >= 11 is 0. The van der Waals surface area contributed by atoms with E-state index in [9.17, 15) is 19.0 Å². The summed E-state index contributed by atoms with van der Waals surface area (Å²) in [6.45, 7) is 6.74. The van der Waals surface area contributed by atoms with E-state index in [1.165, 1.54) is 89.9 Å².